The number of hydrogen-bond donors (Lipinski definition) is 2. The van der Waals surface area contributed by atoms with Crippen LogP contribution in [0.3, 0.4) is 0 Å². The minimum atomic E-state index is -1.30. The first-order valence-corrected chi connectivity index (χ1v) is 4.28. The van der Waals surface area contributed by atoms with Crippen molar-refractivity contribution in [1.82, 2.24) is 4.72 Å². The molecule has 0 aliphatic rings. The van der Waals surface area contributed by atoms with E-state index in [0.29, 0.717) is 4.90 Å². The number of phenols is 1. The molecule has 0 spiro atoms. The number of nitrogens with one attached hydrogen (secondary N) is 1. The number of para-hydroxylation sites is 1. The van der Waals surface area contributed by atoms with Gasteiger partial charge in [-0.25, -0.2) is 8.93 Å². The smallest absolute Gasteiger partial charge is 0.133 e. The summed E-state index contributed by atoms with van der Waals surface area (Å²) in [7, 11) is 0.270. The fraction of sp³-hybridized carbons (Fsp3) is 0.143. The summed E-state index contributed by atoms with van der Waals surface area (Å²) in [5.74, 6) is 0.0557. The second kappa shape index (κ2) is 3.50. The van der Waals surface area contributed by atoms with E-state index in [2.05, 4.69) is 4.72 Å². The molecule has 0 aromatic heterocycles. The molecule has 0 saturated heterocycles. The van der Waals surface area contributed by atoms with Crippen molar-refractivity contribution in [2.24, 2.45) is 0 Å². The molecule has 0 amide bonds. The zero-order valence-corrected chi connectivity index (χ0v) is 6.89. The Morgan fingerprint density at radius 1 is 1.45 bits per heavy atom. The molecule has 0 heterocycles. The third-order valence-electron chi connectivity index (χ3n) is 1.25. The largest absolute Gasteiger partial charge is 0.507 e. The van der Waals surface area contributed by atoms with Crippen LogP contribution in [0.1, 0.15) is 0 Å². The molecule has 2 N–H and O–H groups in total. The molecule has 0 fully saturated rings. The van der Waals surface area contributed by atoms with Crippen LogP contribution in [0.4, 0.5) is 0 Å². The van der Waals surface area contributed by atoms with Gasteiger partial charge in [-0.1, -0.05) is 12.1 Å². The first-order valence-electron chi connectivity index (χ1n) is 3.13. The lowest BCUT2D eigenvalue weighted by molar-refractivity contribution is 0.461. The Kier molecular flexibility index (Phi) is 2.62. The van der Waals surface area contributed by atoms with Gasteiger partial charge in [0.15, 0.2) is 0 Å². The molecule has 0 aliphatic carbocycles. The van der Waals surface area contributed by atoms with E-state index in [-0.39, 0.29) is 5.75 Å². The summed E-state index contributed by atoms with van der Waals surface area (Å²) in [6.07, 6.45) is 0. The molecule has 4 heteroatoms. The number of rotatable bonds is 2. The second-order valence-electron chi connectivity index (χ2n) is 1.94. The van der Waals surface area contributed by atoms with E-state index in [1.165, 1.54) is 6.07 Å². The van der Waals surface area contributed by atoms with Crippen LogP contribution >= 0.6 is 0 Å². The maximum atomic E-state index is 11.1. The van der Waals surface area contributed by atoms with Gasteiger partial charge < -0.3 is 5.11 Å². The molecule has 0 bridgehead atoms. The average Bonchev–Trinajstić information content (AvgIpc) is 2.04. The van der Waals surface area contributed by atoms with Crippen molar-refractivity contribution >= 4 is 11.0 Å². The zero-order chi connectivity index (χ0) is 8.27. The van der Waals surface area contributed by atoms with E-state index in [4.69, 9.17) is 0 Å². The van der Waals surface area contributed by atoms with Crippen molar-refractivity contribution in [1.29, 1.82) is 0 Å². The highest BCUT2D eigenvalue weighted by molar-refractivity contribution is 7.83. The summed E-state index contributed by atoms with van der Waals surface area (Å²) in [6.45, 7) is 0. The summed E-state index contributed by atoms with van der Waals surface area (Å²) in [5.41, 5.74) is 0. The molecule has 3 nitrogen and oxygen atoms in total. The Morgan fingerprint density at radius 3 is 2.64 bits per heavy atom. The highest BCUT2D eigenvalue weighted by atomic mass is 32.2. The third kappa shape index (κ3) is 1.78. The van der Waals surface area contributed by atoms with Crippen molar-refractivity contribution in [3.63, 3.8) is 0 Å². The molecular weight excluding hydrogens is 162 g/mol. The average molecular weight is 171 g/mol. The van der Waals surface area contributed by atoms with E-state index in [9.17, 15) is 9.32 Å². The lowest BCUT2D eigenvalue weighted by Gasteiger charge is -2.00. The van der Waals surface area contributed by atoms with Crippen molar-refractivity contribution in [3.8, 4) is 5.75 Å². The predicted molar refractivity (Wildman–Crippen MR) is 43.6 cm³/mol. The maximum Gasteiger partial charge on any atom is 0.133 e. The van der Waals surface area contributed by atoms with Crippen LogP contribution in [0, 0.1) is 0 Å². The van der Waals surface area contributed by atoms with Crippen molar-refractivity contribution < 1.29 is 9.32 Å². The molecule has 11 heavy (non-hydrogen) atoms. The Hall–Kier alpha value is -0.870. The Balaban J connectivity index is 3.03. The third-order valence-corrected chi connectivity index (χ3v) is 2.37. The van der Waals surface area contributed by atoms with Crippen molar-refractivity contribution in [2.75, 3.05) is 7.05 Å². The van der Waals surface area contributed by atoms with Crippen LogP contribution in [-0.4, -0.2) is 16.4 Å². The topological polar surface area (TPSA) is 49.3 Å². The van der Waals surface area contributed by atoms with Gasteiger partial charge in [0.1, 0.15) is 16.7 Å². The molecule has 1 rings (SSSR count). The van der Waals surface area contributed by atoms with Crippen LogP contribution in [-0.2, 0) is 11.0 Å². The number of aromatic hydroxyl groups is 1. The van der Waals surface area contributed by atoms with Crippen LogP contribution in [0.15, 0.2) is 29.2 Å². The minimum absolute atomic E-state index is 0.0557. The first-order chi connectivity index (χ1) is 5.25. The normalized spacial score (nSPS) is 12.8. The molecule has 1 atom stereocenters. The number of hydrogen-bond acceptors (Lipinski definition) is 2. The Labute approximate surface area is 67.7 Å². The summed E-state index contributed by atoms with van der Waals surface area (Å²) in [6, 6.07) is 6.53. The van der Waals surface area contributed by atoms with Crippen molar-refractivity contribution in [2.45, 2.75) is 4.90 Å². The number of benzene rings is 1. The fourth-order valence-electron chi connectivity index (χ4n) is 0.724. The van der Waals surface area contributed by atoms with E-state index < -0.39 is 11.0 Å². The van der Waals surface area contributed by atoms with Crippen molar-refractivity contribution in [3.05, 3.63) is 24.3 Å². The van der Waals surface area contributed by atoms with Gasteiger partial charge in [0, 0.05) is 0 Å². The van der Waals surface area contributed by atoms with Crippen LogP contribution in [0.25, 0.3) is 0 Å². The minimum Gasteiger partial charge on any atom is -0.507 e. The predicted octanol–water partition coefficient (Wildman–Crippen LogP) is 0.634. The van der Waals surface area contributed by atoms with Crippen LogP contribution < -0.4 is 4.72 Å². The summed E-state index contributed by atoms with van der Waals surface area (Å²) in [4.78, 5) is 0.412. The fourth-order valence-corrected chi connectivity index (χ4v) is 1.40. The van der Waals surface area contributed by atoms with E-state index >= 15 is 0 Å². The quantitative estimate of drug-likeness (QED) is 0.685. The Bertz CT molecular complexity index is 275. The summed E-state index contributed by atoms with van der Waals surface area (Å²) >= 11 is 0. The van der Waals surface area contributed by atoms with Gasteiger partial charge >= 0.3 is 0 Å². The van der Waals surface area contributed by atoms with Gasteiger partial charge in [0.05, 0.1) is 4.90 Å². The first kappa shape index (κ1) is 8.23. The number of phenolic OH excluding ortho intramolecular Hbond substituents is 1. The SMILES string of the molecule is CNS(=O)c1ccccc1O. The van der Waals surface area contributed by atoms with E-state index in [0.717, 1.165) is 0 Å². The molecule has 1 aromatic rings. The Morgan fingerprint density at radius 2 is 2.09 bits per heavy atom. The molecule has 1 aromatic carbocycles. The molecule has 0 radical (unpaired) electrons. The van der Waals surface area contributed by atoms with E-state index in [1.807, 2.05) is 0 Å². The van der Waals surface area contributed by atoms with Gasteiger partial charge in [-0.15, -0.1) is 0 Å². The summed E-state index contributed by atoms with van der Waals surface area (Å²) in [5, 5.41) is 9.18. The lowest BCUT2D eigenvalue weighted by atomic mass is 10.3. The van der Waals surface area contributed by atoms with Gasteiger partial charge in [-0.05, 0) is 19.2 Å². The van der Waals surface area contributed by atoms with Gasteiger partial charge in [0.25, 0.3) is 0 Å². The highest BCUT2D eigenvalue weighted by Crippen LogP contribution is 2.17. The highest BCUT2D eigenvalue weighted by Gasteiger charge is 2.04. The van der Waals surface area contributed by atoms with E-state index in [1.54, 1.807) is 25.2 Å². The molecular formula is C7H9NO2S. The maximum absolute atomic E-state index is 11.1. The van der Waals surface area contributed by atoms with Crippen LogP contribution in [0.2, 0.25) is 0 Å². The molecule has 0 aliphatic heterocycles. The molecule has 0 saturated carbocycles. The standard InChI is InChI=1S/C7H9NO2S/c1-8-11(10)7-5-3-2-4-6(7)9/h2-5,8-9H,1H3. The van der Waals surface area contributed by atoms with Gasteiger partial charge in [0.2, 0.25) is 0 Å². The summed E-state index contributed by atoms with van der Waals surface area (Å²) < 4.78 is 13.6. The second-order valence-corrected chi connectivity index (χ2v) is 3.33. The van der Waals surface area contributed by atoms with Gasteiger partial charge in [-0.3, -0.25) is 0 Å². The molecule has 1 unspecified atom stereocenters. The van der Waals surface area contributed by atoms with Gasteiger partial charge in [-0.2, -0.15) is 0 Å². The van der Waals surface area contributed by atoms with Crippen LogP contribution in [0.5, 0.6) is 5.75 Å². The lowest BCUT2D eigenvalue weighted by Crippen LogP contribution is -2.10. The molecule has 60 valence electrons. The zero-order valence-electron chi connectivity index (χ0n) is 6.07. The monoisotopic (exact) mass is 171 g/mol.